The van der Waals surface area contributed by atoms with Gasteiger partial charge in [-0.05, 0) is 28.9 Å². The number of rotatable bonds is 4. The molecule has 0 N–H and O–H groups in total. The van der Waals surface area contributed by atoms with Gasteiger partial charge in [-0.25, -0.2) is 0 Å². The van der Waals surface area contributed by atoms with Gasteiger partial charge in [-0.2, -0.15) is 0 Å². The molecule has 0 amide bonds. The zero-order valence-electron chi connectivity index (χ0n) is 11.9. The number of alkyl halides is 1. The lowest BCUT2D eigenvalue weighted by Crippen LogP contribution is -2.33. The Bertz CT molecular complexity index is 356. The van der Waals surface area contributed by atoms with Gasteiger partial charge >= 0.3 is 0 Å². The summed E-state index contributed by atoms with van der Waals surface area (Å²) in [4.78, 5) is -0.263. The molecule has 0 saturated heterocycles. The van der Waals surface area contributed by atoms with Crippen LogP contribution in [0.5, 0.6) is 0 Å². The lowest BCUT2D eigenvalue weighted by Gasteiger charge is -2.38. The van der Waals surface area contributed by atoms with Gasteiger partial charge in [0.05, 0.1) is 4.87 Å². The van der Waals surface area contributed by atoms with Crippen molar-refractivity contribution < 1.29 is 0 Å². The Hall–Kier alpha value is -0.490. The fraction of sp³-hybridized carbons (Fsp3) is 0.625. The maximum absolute atomic E-state index is 6.98. The molecule has 0 aliphatic rings. The van der Waals surface area contributed by atoms with E-state index in [4.69, 9.17) is 11.6 Å². The third-order valence-corrected chi connectivity index (χ3v) is 4.75. The van der Waals surface area contributed by atoms with Crippen molar-refractivity contribution in [3.8, 4) is 0 Å². The smallest absolute Gasteiger partial charge is 0.0743 e. The lowest BCUT2D eigenvalue weighted by molar-refractivity contribution is 0.329. The maximum Gasteiger partial charge on any atom is 0.0743 e. The molecule has 0 spiro atoms. The van der Waals surface area contributed by atoms with Crippen LogP contribution in [-0.4, -0.2) is 0 Å². The largest absolute Gasteiger partial charge is 0.114 e. The Morgan fingerprint density at radius 3 is 1.76 bits per heavy atom. The van der Waals surface area contributed by atoms with Crippen LogP contribution in [0.15, 0.2) is 24.3 Å². The minimum atomic E-state index is -0.263. The van der Waals surface area contributed by atoms with Crippen molar-refractivity contribution in [2.75, 3.05) is 0 Å². The average molecular weight is 253 g/mol. The Morgan fingerprint density at radius 1 is 0.882 bits per heavy atom. The molecule has 0 nitrogen and oxygen atoms in total. The highest BCUT2D eigenvalue weighted by Crippen LogP contribution is 2.45. The zero-order valence-corrected chi connectivity index (χ0v) is 12.7. The maximum atomic E-state index is 6.98. The van der Waals surface area contributed by atoms with Gasteiger partial charge in [0.25, 0.3) is 0 Å². The Labute approximate surface area is 111 Å². The highest BCUT2D eigenvalue weighted by Gasteiger charge is 2.38. The molecule has 0 bridgehead atoms. The van der Waals surface area contributed by atoms with Gasteiger partial charge in [0, 0.05) is 0 Å². The molecule has 0 fully saturated rings. The fourth-order valence-corrected chi connectivity index (χ4v) is 2.81. The molecule has 0 aliphatic heterocycles. The molecular formula is C16H25Cl. The number of halogens is 1. The first-order valence-electron chi connectivity index (χ1n) is 6.60. The Morgan fingerprint density at radius 2 is 1.35 bits per heavy atom. The van der Waals surface area contributed by atoms with E-state index in [9.17, 15) is 0 Å². The SMILES string of the molecule is CC(C)c1ccccc1C(Cl)(C(C)C)C(C)C. The minimum absolute atomic E-state index is 0.263. The van der Waals surface area contributed by atoms with E-state index in [0.29, 0.717) is 17.8 Å². The van der Waals surface area contributed by atoms with Gasteiger partial charge in [0.15, 0.2) is 0 Å². The van der Waals surface area contributed by atoms with Crippen LogP contribution in [-0.2, 0) is 4.87 Å². The molecule has 0 heterocycles. The highest BCUT2D eigenvalue weighted by molar-refractivity contribution is 6.24. The molecule has 0 saturated carbocycles. The first-order valence-corrected chi connectivity index (χ1v) is 6.97. The third kappa shape index (κ3) is 2.68. The van der Waals surface area contributed by atoms with Crippen molar-refractivity contribution in [1.82, 2.24) is 0 Å². The van der Waals surface area contributed by atoms with Crippen molar-refractivity contribution in [2.24, 2.45) is 11.8 Å². The van der Waals surface area contributed by atoms with Crippen LogP contribution >= 0.6 is 11.6 Å². The molecule has 1 aromatic rings. The second-order valence-electron chi connectivity index (χ2n) is 5.82. The molecule has 1 heteroatoms. The van der Waals surface area contributed by atoms with E-state index in [-0.39, 0.29) is 4.87 Å². The summed E-state index contributed by atoms with van der Waals surface area (Å²) >= 11 is 6.98. The first-order chi connectivity index (χ1) is 7.81. The van der Waals surface area contributed by atoms with Gasteiger partial charge < -0.3 is 0 Å². The molecule has 0 atom stereocenters. The van der Waals surface area contributed by atoms with Crippen LogP contribution in [0, 0.1) is 11.8 Å². The van der Waals surface area contributed by atoms with Crippen molar-refractivity contribution in [1.29, 1.82) is 0 Å². The van der Waals surface area contributed by atoms with Crippen LogP contribution in [0.1, 0.15) is 58.6 Å². The summed E-state index contributed by atoms with van der Waals surface area (Å²) in [5.41, 5.74) is 2.69. The first kappa shape index (κ1) is 14.6. The van der Waals surface area contributed by atoms with Crippen molar-refractivity contribution in [3.63, 3.8) is 0 Å². The van der Waals surface area contributed by atoms with Crippen LogP contribution in [0.25, 0.3) is 0 Å². The second-order valence-corrected chi connectivity index (χ2v) is 6.44. The number of benzene rings is 1. The highest BCUT2D eigenvalue weighted by atomic mass is 35.5. The van der Waals surface area contributed by atoms with E-state index in [1.54, 1.807) is 0 Å². The van der Waals surface area contributed by atoms with Gasteiger partial charge in [0.1, 0.15) is 0 Å². The lowest BCUT2D eigenvalue weighted by atomic mass is 9.75. The van der Waals surface area contributed by atoms with Crippen LogP contribution in [0.2, 0.25) is 0 Å². The van der Waals surface area contributed by atoms with Crippen molar-refractivity contribution >= 4 is 11.6 Å². The molecule has 1 rings (SSSR count). The Kier molecular flexibility index (Phi) is 4.66. The zero-order chi connectivity index (χ0) is 13.2. The van der Waals surface area contributed by atoms with E-state index in [2.05, 4.69) is 65.8 Å². The van der Waals surface area contributed by atoms with E-state index in [0.717, 1.165) is 0 Å². The van der Waals surface area contributed by atoms with E-state index in [1.165, 1.54) is 11.1 Å². The average Bonchev–Trinajstić information content (AvgIpc) is 2.27. The summed E-state index contributed by atoms with van der Waals surface area (Å²) in [7, 11) is 0. The molecule has 96 valence electrons. The summed E-state index contributed by atoms with van der Waals surface area (Å²) in [6, 6.07) is 8.62. The normalized spacial score (nSPS) is 12.8. The predicted octanol–water partition coefficient (Wildman–Crippen LogP) is 5.56. The van der Waals surface area contributed by atoms with Crippen LogP contribution in [0.3, 0.4) is 0 Å². The van der Waals surface area contributed by atoms with Crippen LogP contribution < -0.4 is 0 Å². The van der Waals surface area contributed by atoms with E-state index in [1.807, 2.05) is 0 Å². The third-order valence-electron chi connectivity index (χ3n) is 3.68. The second kappa shape index (κ2) is 5.44. The summed E-state index contributed by atoms with van der Waals surface area (Å²) in [5, 5.41) is 0. The summed E-state index contributed by atoms with van der Waals surface area (Å²) in [6.45, 7) is 13.3. The summed E-state index contributed by atoms with van der Waals surface area (Å²) < 4.78 is 0. The molecule has 0 radical (unpaired) electrons. The van der Waals surface area contributed by atoms with E-state index < -0.39 is 0 Å². The molecule has 0 aromatic heterocycles. The predicted molar refractivity (Wildman–Crippen MR) is 77.7 cm³/mol. The number of hydrogen-bond donors (Lipinski definition) is 0. The number of hydrogen-bond acceptors (Lipinski definition) is 0. The van der Waals surface area contributed by atoms with E-state index >= 15 is 0 Å². The van der Waals surface area contributed by atoms with Crippen molar-refractivity contribution in [2.45, 2.75) is 52.3 Å². The molecular weight excluding hydrogens is 228 g/mol. The van der Waals surface area contributed by atoms with Gasteiger partial charge in [-0.3, -0.25) is 0 Å². The Balaban J connectivity index is 3.39. The van der Waals surface area contributed by atoms with Gasteiger partial charge in [-0.1, -0.05) is 65.8 Å². The van der Waals surface area contributed by atoms with Gasteiger partial charge in [-0.15, -0.1) is 11.6 Å². The molecule has 1 aromatic carbocycles. The van der Waals surface area contributed by atoms with Crippen molar-refractivity contribution in [3.05, 3.63) is 35.4 Å². The minimum Gasteiger partial charge on any atom is -0.114 e. The van der Waals surface area contributed by atoms with Crippen LogP contribution in [0.4, 0.5) is 0 Å². The molecule has 0 aliphatic carbocycles. The standard InChI is InChI=1S/C16H25Cl/c1-11(2)14-9-7-8-10-15(14)16(17,12(3)4)13(5)6/h7-13H,1-6H3. The monoisotopic (exact) mass is 252 g/mol. The molecule has 17 heavy (non-hydrogen) atoms. The fourth-order valence-electron chi connectivity index (χ4n) is 2.64. The summed E-state index contributed by atoms with van der Waals surface area (Å²) in [5.74, 6) is 1.36. The topological polar surface area (TPSA) is 0 Å². The summed E-state index contributed by atoms with van der Waals surface area (Å²) in [6.07, 6.45) is 0. The quantitative estimate of drug-likeness (QED) is 0.616. The van der Waals surface area contributed by atoms with Gasteiger partial charge in [0.2, 0.25) is 0 Å². The molecule has 0 unspecified atom stereocenters.